The molecule has 18 heavy (non-hydrogen) atoms. The first-order valence-corrected chi connectivity index (χ1v) is 6.29. The highest BCUT2D eigenvalue weighted by atomic mass is 16.4. The normalized spacial score (nSPS) is 24.3. The molecule has 0 heterocycles. The minimum atomic E-state index is -0.870. The van der Waals surface area contributed by atoms with E-state index in [9.17, 15) is 9.59 Å². The van der Waals surface area contributed by atoms with Gasteiger partial charge in [-0.3, -0.25) is 9.59 Å². The summed E-state index contributed by atoms with van der Waals surface area (Å²) in [5, 5.41) is 8.62. The van der Waals surface area contributed by atoms with Crippen molar-refractivity contribution in [3.63, 3.8) is 0 Å². The second-order valence-electron chi connectivity index (χ2n) is 5.97. The highest BCUT2D eigenvalue weighted by Gasteiger charge is 2.60. The molecule has 102 valence electrons. The molecule has 0 unspecified atom stereocenters. The van der Waals surface area contributed by atoms with Gasteiger partial charge in [-0.15, -0.1) is 0 Å². The molecular weight excluding hydrogens is 230 g/mol. The van der Waals surface area contributed by atoms with Gasteiger partial charge in [0.05, 0.1) is 12.3 Å². The van der Waals surface area contributed by atoms with Crippen LogP contribution in [0.2, 0.25) is 0 Å². The lowest BCUT2D eigenvalue weighted by Crippen LogP contribution is -2.31. The molecule has 0 saturated heterocycles. The van der Waals surface area contributed by atoms with E-state index in [2.05, 4.69) is 19.9 Å². The molecular formula is C14H23NO3. The van der Waals surface area contributed by atoms with Crippen LogP contribution in [0.5, 0.6) is 0 Å². The maximum absolute atomic E-state index is 12.2. The van der Waals surface area contributed by atoms with Gasteiger partial charge < -0.3 is 10.0 Å². The minimum Gasteiger partial charge on any atom is -0.481 e. The van der Waals surface area contributed by atoms with Crippen LogP contribution in [0.3, 0.4) is 0 Å². The van der Waals surface area contributed by atoms with Gasteiger partial charge in [-0.25, -0.2) is 0 Å². The summed E-state index contributed by atoms with van der Waals surface area (Å²) in [5.41, 5.74) is 1.21. The van der Waals surface area contributed by atoms with Gasteiger partial charge >= 0.3 is 5.97 Å². The quantitative estimate of drug-likeness (QED) is 0.764. The Morgan fingerprint density at radius 2 is 1.89 bits per heavy atom. The number of carbonyl (C=O) groups is 2. The number of nitrogens with zero attached hydrogens (tertiary/aromatic N) is 1. The summed E-state index contributed by atoms with van der Waals surface area (Å²) in [6.45, 7) is 8.52. The molecule has 0 spiro atoms. The lowest BCUT2D eigenvalue weighted by molar-refractivity contribution is -0.138. The smallest absolute Gasteiger partial charge is 0.305 e. The Kier molecular flexibility index (Phi) is 4.20. The maximum Gasteiger partial charge on any atom is 0.305 e. The number of carbonyl (C=O) groups excluding carboxylic acids is 1. The number of hydrogen-bond acceptors (Lipinski definition) is 2. The monoisotopic (exact) mass is 253 g/mol. The number of allylic oxidation sites excluding steroid dienone is 2. The Morgan fingerprint density at radius 3 is 2.33 bits per heavy atom. The number of hydrogen-bond donors (Lipinski definition) is 1. The molecule has 0 bridgehead atoms. The summed E-state index contributed by atoms with van der Waals surface area (Å²) in [4.78, 5) is 24.3. The molecule has 1 amide bonds. The first kappa shape index (κ1) is 14.7. The van der Waals surface area contributed by atoms with E-state index in [1.807, 2.05) is 13.8 Å². The molecule has 1 rings (SSSR count). The van der Waals surface area contributed by atoms with Crippen LogP contribution >= 0.6 is 0 Å². The number of aliphatic carboxylic acids is 1. The van der Waals surface area contributed by atoms with E-state index in [0.29, 0.717) is 0 Å². The van der Waals surface area contributed by atoms with Gasteiger partial charge in [-0.1, -0.05) is 25.5 Å². The number of carboxylic acids is 1. The van der Waals surface area contributed by atoms with Gasteiger partial charge in [-0.05, 0) is 25.2 Å². The summed E-state index contributed by atoms with van der Waals surface area (Å²) >= 11 is 0. The molecule has 0 aliphatic heterocycles. The lowest BCUT2D eigenvalue weighted by atomic mass is 10.1. The van der Waals surface area contributed by atoms with E-state index in [1.54, 1.807) is 11.9 Å². The lowest BCUT2D eigenvalue weighted by Gasteiger charge is -2.16. The molecule has 0 radical (unpaired) electrons. The Labute approximate surface area is 109 Å². The molecule has 0 aromatic carbocycles. The Morgan fingerprint density at radius 1 is 1.33 bits per heavy atom. The van der Waals surface area contributed by atoms with Gasteiger partial charge in [0.1, 0.15) is 0 Å². The van der Waals surface area contributed by atoms with E-state index >= 15 is 0 Å². The Hall–Kier alpha value is -1.32. The van der Waals surface area contributed by atoms with E-state index in [4.69, 9.17) is 5.11 Å². The molecule has 1 aliphatic carbocycles. The summed E-state index contributed by atoms with van der Waals surface area (Å²) < 4.78 is 0. The first-order valence-electron chi connectivity index (χ1n) is 6.29. The van der Waals surface area contributed by atoms with Crippen molar-refractivity contribution in [2.75, 3.05) is 13.6 Å². The van der Waals surface area contributed by atoms with Crippen molar-refractivity contribution >= 4 is 11.9 Å². The molecule has 2 atom stereocenters. The fourth-order valence-electron chi connectivity index (χ4n) is 2.43. The van der Waals surface area contributed by atoms with Crippen LogP contribution in [0.4, 0.5) is 0 Å². The molecule has 1 saturated carbocycles. The number of rotatable bonds is 5. The first-order chi connectivity index (χ1) is 8.17. The number of amides is 1. The SMILES string of the molecule is CC(C)=C[C@@H]1[C@@H](C(=O)N(C)CCC(=O)O)C1(C)C. The van der Waals surface area contributed by atoms with E-state index in [1.165, 1.54) is 5.57 Å². The second kappa shape index (κ2) is 5.12. The van der Waals surface area contributed by atoms with Gasteiger partial charge in [0, 0.05) is 13.6 Å². The van der Waals surface area contributed by atoms with Crippen LogP contribution in [0.15, 0.2) is 11.6 Å². The zero-order chi connectivity index (χ0) is 14.1. The van der Waals surface area contributed by atoms with E-state index in [-0.39, 0.29) is 36.1 Å². The average Bonchev–Trinajstić information content (AvgIpc) is 2.74. The fourth-order valence-corrected chi connectivity index (χ4v) is 2.43. The van der Waals surface area contributed by atoms with Gasteiger partial charge in [0.2, 0.25) is 5.91 Å². The van der Waals surface area contributed by atoms with Crippen molar-refractivity contribution in [3.05, 3.63) is 11.6 Å². The number of carboxylic acid groups (broad SMARTS) is 1. The van der Waals surface area contributed by atoms with Crippen LogP contribution in [0.1, 0.15) is 34.1 Å². The highest BCUT2D eigenvalue weighted by Crippen LogP contribution is 2.59. The van der Waals surface area contributed by atoms with Crippen molar-refractivity contribution in [2.45, 2.75) is 34.1 Å². The van der Waals surface area contributed by atoms with Crippen LogP contribution < -0.4 is 0 Å². The zero-order valence-electron chi connectivity index (χ0n) is 11.9. The largest absolute Gasteiger partial charge is 0.481 e. The summed E-state index contributed by atoms with van der Waals surface area (Å²) in [7, 11) is 1.68. The molecule has 4 nitrogen and oxygen atoms in total. The Balaban J connectivity index is 2.63. The van der Waals surface area contributed by atoms with Crippen molar-refractivity contribution in [3.8, 4) is 0 Å². The van der Waals surface area contributed by atoms with Crippen LogP contribution in [-0.2, 0) is 9.59 Å². The predicted octanol–water partition coefficient (Wildman–Crippen LogP) is 2.16. The maximum atomic E-state index is 12.2. The molecule has 1 fully saturated rings. The van der Waals surface area contributed by atoms with Crippen LogP contribution in [-0.4, -0.2) is 35.5 Å². The molecule has 1 aliphatic rings. The van der Waals surface area contributed by atoms with Crippen molar-refractivity contribution in [2.24, 2.45) is 17.3 Å². The van der Waals surface area contributed by atoms with Crippen molar-refractivity contribution in [1.29, 1.82) is 0 Å². The zero-order valence-corrected chi connectivity index (χ0v) is 11.9. The second-order valence-corrected chi connectivity index (χ2v) is 5.97. The topological polar surface area (TPSA) is 57.6 Å². The third kappa shape index (κ3) is 3.12. The van der Waals surface area contributed by atoms with Crippen LogP contribution in [0, 0.1) is 17.3 Å². The summed E-state index contributed by atoms with van der Waals surface area (Å²) in [6.07, 6.45) is 2.15. The average molecular weight is 253 g/mol. The predicted molar refractivity (Wildman–Crippen MR) is 70.1 cm³/mol. The van der Waals surface area contributed by atoms with E-state index < -0.39 is 5.97 Å². The summed E-state index contributed by atoms with van der Waals surface area (Å²) in [5.74, 6) is -0.539. The van der Waals surface area contributed by atoms with Gasteiger partial charge in [0.15, 0.2) is 0 Å². The molecule has 4 heteroatoms. The standard InChI is InChI=1S/C14H23NO3/c1-9(2)8-10-12(14(10,3)4)13(18)15(5)7-6-11(16)17/h8,10,12H,6-7H2,1-5H3,(H,16,17)/t10-,12+/m1/s1. The molecule has 0 aromatic rings. The summed E-state index contributed by atoms with van der Waals surface area (Å²) in [6, 6.07) is 0. The van der Waals surface area contributed by atoms with Crippen molar-refractivity contribution < 1.29 is 14.7 Å². The van der Waals surface area contributed by atoms with Gasteiger partial charge in [-0.2, -0.15) is 0 Å². The Bertz CT molecular complexity index is 381. The van der Waals surface area contributed by atoms with Crippen molar-refractivity contribution in [1.82, 2.24) is 4.90 Å². The third-order valence-electron chi connectivity index (χ3n) is 3.73. The fraction of sp³-hybridized carbons (Fsp3) is 0.714. The van der Waals surface area contributed by atoms with Gasteiger partial charge in [0.25, 0.3) is 0 Å². The highest BCUT2D eigenvalue weighted by molar-refractivity contribution is 5.84. The third-order valence-corrected chi connectivity index (χ3v) is 3.73. The van der Waals surface area contributed by atoms with E-state index in [0.717, 1.165) is 0 Å². The molecule has 1 N–H and O–H groups in total. The molecule has 0 aromatic heterocycles. The van der Waals surface area contributed by atoms with Crippen LogP contribution in [0.25, 0.3) is 0 Å². The minimum absolute atomic E-state index is 0.00268.